The van der Waals surface area contributed by atoms with Gasteiger partial charge in [0.15, 0.2) is 0 Å². The molecular weight excluding hydrogens is 376 g/mol. The monoisotopic (exact) mass is 410 g/mol. The smallest absolute Gasteiger partial charge is 0.236 e. The van der Waals surface area contributed by atoms with Crippen molar-refractivity contribution >= 4 is 5.91 Å². The second-order valence-corrected chi connectivity index (χ2v) is 9.12. The van der Waals surface area contributed by atoms with Gasteiger partial charge in [-0.05, 0) is 50.5 Å². The minimum Gasteiger partial charge on any atom is -0.388 e. The van der Waals surface area contributed by atoms with Crippen LogP contribution in [0.3, 0.4) is 0 Å². The second kappa shape index (κ2) is 9.31. The molecule has 0 saturated carbocycles. The summed E-state index contributed by atoms with van der Waals surface area (Å²) in [5, 5.41) is 10.9. The maximum absolute atomic E-state index is 12.8. The molecule has 1 aromatic heterocycles. The van der Waals surface area contributed by atoms with Gasteiger partial charge >= 0.3 is 0 Å². The van der Waals surface area contributed by atoms with Crippen LogP contribution < -0.4 is 0 Å². The van der Waals surface area contributed by atoms with Gasteiger partial charge in [-0.1, -0.05) is 30.3 Å². The third-order valence-electron chi connectivity index (χ3n) is 6.87. The molecule has 2 fully saturated rings. The van der Waals surface area contributed by atoms with Gasteiger partial charge in [0.05, 0.1) is 18.7 Å². The third-order valence-corrected chi connectivity index (χ3v) is 6.87. The molecule has 2 aliphatic rings. The molecule has 0 atom stereocenters. The number of nitrogens with zero attached hydrogens (tertiary/aromatic N) is 4. The normalized spacial score (nSPS) is 20.4. The first-order valence-corrected chi connectivity index (χ1v) is 11.2. The van der Waals surface area contributed by atoms with Gasteiger partial charge in [-0.2, -0.15) is 0 Å². The first-order valence-electron chi connectivity index (χ1n) is 11.2. The lowest BCUT2D eigenvalue weighted by molar-refractivity contribution is -0.135. The number of hydrogen-bond donors (Lipinski definition) is 1. The van der Waals surface area contributed by atoms with E-state index in [1.165, 1.54) is 5.56 Å². The molecule has 0 bridgehead atoms. The van der Waals surface area contributed by atoms with Crippen LogP contribution in [0.5, 0.6) is 0 Å². The highest BCUT2D eigenvalue weighted by molar-refractivity contribution is 5.78. The van der Waals surface area contributed by atoms with E-state index in [0.717, 1.165) is 51.3 Å². The van der Waals surface area contributed by atoms with Crippen molar-refractivity contribution in [3.05, 3.63) is 54.1 Å². The van der Waals surface area contributed by atoms with Gasteiger partial charge in [0.1, 0.15) is 5.82 Å². The number of amides is 1. The van der Waals surface area contributed by atoms with E-state index in [0.29, 0.717) is 31.8 Å². The Labute approximate surface area is 179 Å². The lowest BCUT2D eigenvalue weighted by Crippen LogP contribution is -2.50. The maximum Gasteiger partial charge on any atom is 0.236 e. The number of rotatable bonds is 6. The van der Waals surface area contributed by atoms with Crippen molar-refractivity contribution in [1.82, 2.24) is 19.4 Å². The minimum atomic E-state index is -0.708. The Hall–Kier alpha value is -2.18. The molecule has 1 amide bonds. The van der Waals surface area contributed by atoms with Crippen molar-refractivity contribution in [3.63, 3.8) is 0 Å². The maximum atomic E-state index is 12.8. The van der Waals surface area contributed by atoms with E-state index in [9.17, 15) is 9.90 Å². The van der Waals surface area contributed by atoms with E-state index in [2.05, 4.69) is 40.2 Å². The van der Waals surface area contributed by atoms with Crippen molar-refractivity contribution in [2.24, 2.45) is 5.92 Å². The highest BCUT2D eigenvalue weighted by atomic mass is 16.3. The summed E-state index contributed by atoms with van der Waals surface area (Å²) < 4.78 is 2.01. The molecular formula is C24H34N4O2. The summed E-state index contributed by atoms with van der Waals surface area (Å²) >= 11 is 0. The summed E-state index contributed by atoms with van der Waals surface area (Å²) in [4.78, 5) is 21.3. The lowest BCUT2D eigenvalue weighted by atomic mass is 9.90. The van der Waals surface area contributed by atoms with E-state index in [1.807, 2.05) is 22.6 Å². The van der Waals surface area contributed by atoms with Crippen molar-refractivity contribution in [2.45, 2.75) is 51.2 Å². The highest BCUT2D eigenvalue weighted by Gasteiger charge is 2.34. The van der Waals surface area contributed by atoms with Crippen LogP contribution in [0.1, 0.15) is 37.1 Å². The number of aliphatic hydroxyl groups is 1. The van der Waals surface area contributed by atoms with Crippen LogP contribution in [0.4, 0.5) is 0 Å². The summed E-state index contributed by atoms with van der Waals surface area (Å²) in [6.07, 6.45) is 8.37. The van der Waals surface area contributed by atoms with Gasteiger partial charge in [0, 0.05) is 38.6 Å². The predicted octanol–water partition coefficient (Wildman–Crippen LogP) is 2.50. The second-order valence-electron chi connectivity index (χ2n) is 9.12. The minimum absolute atomic E-state index is 0.240. The van der Waals surface area contributed by atoms with Crippen LogP contribution in [-0.2, 0) is 17.8 Å². The Balaban J connectivity index is 1.19. The zero-order valence-corrected chi connectivity index (χ0v) is 18.0. The van der Waals surface area contributed by atoms with Crippen LogP contribution in [0, 0.1) is 12.8 Å². The summed E-state index contributed by atoms with van der Waals surface area (Å²) in [6.45, 7) is 6.28. The Kier molecular flexibility index (Phi) is 6.54. The molecule has 6 nitrogen and oxygen atoms in total. The van der Waals surface area contributed by atoms with Crippen LogP contribution in [0.2, 0.25) is 0 Å². The van der Waals surface area contributed by atoms with E-state index in [-0.39, 0.29) is 5.91 Å². The summed E-state index contributed by atoms with van der Waals surface area (Å²) in [6, 6.07) is 10.7. The van der Waals surface area contributed by atoms with Gasteiger partial charge < -0.3 is 14.6 Å². The molecule has 0 aliphatic carbocycles. The van der Waals surface area contributed by atoms with Crippen molar-refractivity contribution < 1.29 is 9.90 Å². The van der Waals surface area contributed by atoms with Crippen molar-refractivity contribution in [3.8, 4) is 0 Å². The average Bonchev–Trinajstić information content (AvgIpc) is 3.15. The summed E-state index contributed by atoms with van der Waals surface area (Å²) in [7, 11) is 0. The topological polar surface area (TPSA) is 61.6 Å². The van der Waals surface area contributed by atoms with E-state index in [4.69, 9.17) is 0 Å². The largest absolute Gasteiger partial charge is 0.388 e. The molecule has 4 rings (SSSR count). The number of piperidine rings is 2. The average molecular weight is 411 g/mol. The zero-order valence-electron chi connectivity index (χ0n) is 18.0. The number of imidazole rings is 1. The number of likely N-dealkylation sites (tertiary alicyclic amines) is 2. The Morgan fingerprint density at radius 3 is 2.47 bits per heavy atom. The summed E-state index contributed by atoms with van der Waals surface area (Å²) in [5.41, 5.74) is 0.690. The van der Waals surface area contributed by atoms with E-state index >= 15 is 0 Å². The zero-order chi connectivity index (χ0) is 21.0. The Morgan fingerprint density at radius 2 is 1.83 bits per heavy atom. The molecule has 162 valence electrons. The van der Waals surface area contributed by atoms with Crippen LogP contribution in [0.25, 0.3) is 0 Å². The van der Waals surface area contributed by atoms with Gasteiger partial charge in [0.25, 0.3) is 0 Å². The van der Waals surface area contributed by atoms with Gasteiger partial charge in [-0.3, -0.25) is 9.69 Å². The quantitative estimate of drug-likeness (QED) is 0.795. The Morgan fingerprint density at radius 1 is 1.13 bits per heavy atom. The molecule has 2 saturated heterocycles. The van der Waals surface area contributed by atoms with Crippen LogP contribution in [-0.4, -0.2) is 68.7 Å². The van der Waals surface area contributed by atoms with E-state index < -0.39 is 5.60 Å². The first kappa shape index (κ1) is 21.1. The molecule has 6 heteroatoms. The number of hydrogen-bond acceptors (Lipinski definition) is 4. The fraction of sp³-hybridized carbons (Fsp3) is 0.583. The molecule has 0 spiro atoms. The van der Waals surface area contributed by atoms with Crippen molar-refractivity contribution in [1.29, 1.82) is 0 Å². The number of benzene rings is 1. The Bertz CT molecular complexity index is 819. The van der Waals surface area contributed by atoms with Crippen LogP contribution >= 0.6 is 0 Å². The molecule has 1 aromatic carbocycles. The van der Waals surface area contributed by atoms with Gasteiger partial charge in [-0.15, -0.1) is 0 Å². The highest BCUT2D eigenvalue weighted by Crippen LogP contribution is 2.25. The molecule has 0 unspecified atom stereocenters. The number of carbonyl (C=O) groups excluding carboxylic acids is 1. The fourth-order valence-corrected chi connectivity index (χ4v) is 4.80. The molecule has 1 N–H and O–H groups in total. The first-order chi connectivity index (χ1) is 14.5. The number of aryl methyl sites for hydroxylation is 1. The molecule has 2 aliphatic heterocycles. The summed E-state index contributed by atoms with van der Waals surface area (Å²) in [5.74, 6) is 1.84. The fourth-order valence-electron chi connectivity index (χ4n) is 4.80. The van der Waals surface area contributed by atoms with Crippen LogP contribution in [0.15, 0.2) is 42.7 Å². The molecule has 0 radical (unpaired) electrons. The predicted molar refractivity (Wildman–Crippen MR) is 117 cm³/mol. The van der Waals surface area contributed by atoms with Crippen molar-refractivity contribution in [2.75, 3.05) is 32.7 Å². The SMILES string of the molecule is Cc1nccn1CC1(O)CCN(CC(=O)N2CCC(Cc3ccccc3)CC2)CC1. The molecule has 2 aromatic rings. The standard InChI is InChI=1S/C24H34N4O2/c1-20-25-11-16-28(20)19-24(30)9-14-26(15-10-24)18-23(29)27-12-7-22(8-13-27)17-21-5-3-2-4-6-21/h2-6,11,16,22,30H,7-10,12-15,17-19H2,1H3. The number of aromatic nitrogens is 2. The van der Waals surface area contributed by atoms with E-state index in [1.54, 1.807) is 6.20 Å². The molecule has 30 heavy (non-hydrogen) atoms. The van der Waals surface area contributed by atoms with Gasteiger partial charge in [-0.25, -0.2) is 4.98 Å². The third kappa shape index (κ3) is 5.29. The lowest BCUT2D eigenvalue weighted by Gasteiger charge is -2.39. The van der Waals surface area contributed by atoms with Gasteiger partial charge in [0.2, 0.25) is 5.91 Å². The molecule has 3 heterocycles. The number of carbonyl (C=O) groups is 1.